The van der Waals surface area contributed by atoms with Gasteiger partial charge in [0.1, 0.15) is 11.3 Å². The molecule has 24 heavy (non-hydrogen) atoms. The summed E-state index contributed by atoms with van der Waals surface area (Å²) in [5, 5.41) is 0. The van der Waals surface area contributed by atoms with E-state index in [-0.39, 0.29) is 11.7 Å². The lowest BCUT2D eigenvalue weighted by molar-refractivity contribution is 0.0824. The van der Waals surface area contributed by atoms with Crippen LogP contribution in [-0.4, -0.2) is 33.7 Å². The molecule has 0 saturated carbocycles. The fourth-order valence-electron chi connectivity index (χ4n) is 3.00. The molecule has 2 aromatic rings. The van der Waals surface area contributed by atoms with E-state index in [1.807, 2.05) is 30.3 Å². The van der Waals surface area contributed by atoms with E-state index in [1.165, 1.54) is 21.3 Å². The molecule has 0 radical (unpaired) electrons. The summed E-state index contributed by atoms with van der Waals surface area (Å²) in [5.74, 6) is 1.44. The van der Waals surface area contributed by atoms with Crippen molar-refractivity contribution >= 4 is 5.78 Å². The van der Waals surface area contributed by atoms with Crippen LogP contribution in [0.2, 0.25) is 0 Å². The Morgan fingerprint density at radius 3 is 2.38 bits per heavy atom. The number of hydrogen-bond acceptors (Lipinski definition) is 5. The average Bonchev–Trinajstić information content (AvgIpc) is 2.63. The third kappa shape index (κ3) is 2.77. The summed E-state index contributed by atoms with van der Waals surface area (Å²) >= 11 is 0. The Morgan fingerprint density at radius 1 is 1.04 bits per heavy atom. The number of methoxy groups -OCH3 is 3. The number of rotatable bonds is 5. The summed E-state index contributed by atoms with van der Waals surface area (Å²) in [5.41, 5.74) is 1.52. The predicted octanol–water partition coefficient (Wildman–Crippen LogP) is 3.15. The van der Waals surface area contributed by atoms with E-state index in [2.05, 4.69) is 0 Å². The van der Waals surface area contributed by atoms with Gasteiger partial charge in [0.15, 0.2) is 17.3 Å². The van der Waals surface area contributed by atoms with Crippen LogP contribution in [0.1, 0.15) is 15.9 Å². The van der Waals surface area contributed by atoms with Crippen LogP contribution in [0.3, 0.4) is 0 Å². The molecule has 0 bridgehead atoms. The molecule has 0 spiro atoms. The second-order valence-corrected chi connectivity index (χ2v) is 5.58. The average molecular weight is 328 g/mol. The van der Waals surface area contributed by atoms with Crippen molar-refractivity contribution in [2.75, 3.05) is 27.9 Å². The van der Waals surface area contributed by atoms with Crippen LogP contribution >= 0.6 is 0 Å². The number of hydrogen-bond donors (Lipinski definition) is 0. The molecule has 0 fully saturated rings. The quantitative estimate of drug-likeness (QED) is 0.844. The van der Waals surface area contributed by atoms with Gasteiger partial charge in [-0.1, -0.05) is 30.3 Å². The maximum absolute atomic E-state index is 13.0. The largest absolute Gasteiger partial charge is 0.493 e. The molecule has 5 heteroatoms. The number of fused-ring (bicyclic) bond motifs is 1. The van der Waals surface area contributed by atoms with Crippen LogP contribution in [0.15, 0.2) is 36.4 Å². The minimum atomic E-state index is -0.257. The van der Waals surface area contributed by atoms with Crippen LogP contribution < -0.4 is 18.9 Å². The van der Waals surface area contributed by atoms with Gasteiger partial charge in [0.2, 0.25) is 5.75 Å². The first-order chi connectivity index (χ1) is 11.7. The Balaban J connectivity index is 2.00. The smallest absolute Gasteiger partial charge is 0.204 e. The van der Waals surface area contributed by atoms with Crippen molar-refractivity contribution < 1.29 is 23.7 Å². The Morgan fingerprint density at radius 2 is 1.75 bits per heavy atom. The van der Waals surface area contributed by atoms with E-state index >= 15 is 0 Å². The third-order valence-electron chi connectivity index (χ3n) is 4.18. The third-order valence-corrected chi connectivity index (χ3v) is 4.18. The van der Waals surface area contributed by atoms with Crippen LogP contribution in [0.4, 0.5) is 0 Å². The van der Waals surface area contributed by atoms with E-state index in [4.69, 9.17) is 18.9 Å². The number of carbonyl (C=O) groups excluding carboxylic acids is 1. The Hall–Kier alpha value is -2.69. The van der Waals surface area contributed by atoms with Crippen molar-refractivity contribution in [1.29, 1.82) is 0 Å². The van der Waals surface area contributed by atoms with Crippen molar-refractivity contribution in [2.45, 2.75) is 6.42 Å². The first-order valence-electron chi connectivity index (χ1n) is 7.73. The number of ether oxygens (including phenoxy) is 4. The Labute approximate surface area is 141 Å². The molecule has 1 aliphatic rings. The highest BCUT2D eigenvalue weighted by molar-refractivity contribution is 6.05. The van der Waals surface area contributed by atoms with Gasteiger partial charge in [0.05, 0.1) is 33.9 Å². The van der Waals surface area contributed by atoms with Gasteiger partial charge in [-0.05, 0) is 12.0 Å². The van der Waals surface area contributed by atoms with E-state index in [0.717, 1.165) is 5.56 Å². The van der Waals surface area contributed by atoms with Crippen molar-refractivity contribution in [2.24, 2.45) is 5.92 Å². The summed E-state index contributed by atoms with van der Waals surface area (Å²) in [7, 11) is 4.56. The molecule has 1 aliphatic heterocycles. The molecule has 0 aliphatic carbocycles. The highest BCUT2D eigenvalue weighted by Crippen LogP contribution is 2.47. The second kappa shape index (κ2) is 6.83. The van der Waals surface area contributed by atoms with Crippen molar-refractivity contribution in [3.05, 3.63) is 47.5 Å². The molecule has 0 aromatic heterocycles. The van der Waals surface area contributed by atoms with E-state index in [9.17, 15) is 4.79 Å². The molecule has 1 atom stereocenters. The monoisotopic (exact) mass is 328 g/mol. The number of Topliss-reactive ketones (excluding diaryl/α,β-unsaturated/α-hetero) is 1. The second-order valence-electron chi connectivity index (χ2n) is 5.58. The summed E-state index contributed by atoms with van der Waals surface area (Å²) in [4.78, 5) is 13.0. The van der Waals surface area contributed by atoms with Gasteiger partial charge in [0.25, 0.3) is 0 Å². The van der Waals surface area contributed by atoms with Gasteiger partial charge in [-0.15, -0.1) is 0 Å². The highest BCUT2D eigenvalue weighted by Gasteiger charge is 2.35. The molecule has 0 N–H and O–H groups in total. The first-order valence-corrected chi connectivity index (χ1v) is 7.73. The minimum Gasteiger partial charge on any atom is -0.493 e. The lowest BCUT2D eigenvalue weighted by atomic mass is 9.89. The van der Waals surface area contributed by atoms with Gasteiger partial charge in [-0.2, -0.15) is 0 Å². The van der Waals surface area contributed by atoms with Gasteiger partial charge in [0, 0.05) is 6.07 Å². The molecule has 1 unspecified atom stereocenters. The van der Waals surface area contributed by atoms with Crippen LogP contribution in [0.5, 0.6) is 23.0 Å². The zero-order valence-electron chi connectivity index (χ0n) is 14.0. The topological polar surface area (TPSA) is 54.0 Å². The molecular weight excluding hydrogens is 308 g/mol. The zero-order chi connectivity index (χ0) is 17.1. The lowest BCUT2D eigenvalue weighted by Crippen LogP contribution is -2.30. The van der Waals surface area contributed by atoms with E-state index in [0.29, 0.717) is 41.6 Å². The normalized spacial score (nSPS) is 16.1. The molecule has 5 nitrogen and oxygen atoms in total. The predicted molar refractivity (Wildman–Crippen MR) is 89.6 cm³/mol. The van der Waals surface area contributed by atoms with Gasteiger partial charge < -0.3 is 18.9 Å². The molecule has 1 heterocycles. The maximum Gasteiger partial charge on any atom is 0.204 e. The Kier molecular flexibility index (Phi) is 4.60. The number of ketones is 1. The van der Waals surface area contributed by atoms with Gasteiger partial charge in [-0.3, -0.25) is 4.79 Å². The SMILES string of the molecule is COc1cc2c(c(OC)c1OC)C(=O)C(Cc1ccccc1)CO2. The van der Waals surface area contributed by atoms with E-state index in [1.54, 1.807) is 6.07 Å². The van der Waals surface area contributed by atoms with Crippen LogP contribution in [-0.2, 0) is 6.42 Å². The molecule has 0 saturated heterocycles. The highest BCUT2D eigenvalue weighted by atomic mass is 16.5. The summed E-state index contributed by atoms with van der Waals surface area (Å²) in [6.07, 6.45) is 0.622. The van der Waals surface area contributed by atoms with Crippen LogP contribution in [0, 0.1) is 5.92 Å². The summed E-state index contributed by atoms with van der Waals surface area (Å²) < 4.78 is 21.9. The van der Waals surface area contributed by atoms with Gasteiger partial charge >= 0.3 is 0 Å². The molecular formula is C19H20O5. The molecule has 3 rings (SSSR count). The lowest BCUT2D eigenvalue weighted by Gasteiger charge is -2.27. The maximum atomic E-state index is 13.0. The zero-order valence-corrected chi connectivity index (χ0v) is 14.0. The molecule has 126 valence electrons. The standard InChI is InChI=1S/C19H20O5/c1-21-15-10-14-16(19(23-3)18(15)22-2)17(20)13(11-24-14)9-12-7-5-4-6-8-12/h4-8,10,13H,9,11H2,1-3H3. The van der Waals surface area contributed by atoms with Crippen molar-refractivity contribution in [3.63, 3.8) is 0 Å². The first kappa shape index (κ1) is 16.2. The summed E-state index contributed by atoms with van der Waals surface area (Å²) in [6, 6.07) is 11.6. The minimum absolute atomic E-state index is 0.00194. The van der Waals surface area contributed by atoms with Gasteiger partial charge in [-0.25, -0.2) is 0 Å². The fraction of sp³-hybridized carbons (Fsp3) is 0.316. The number of carbonyl (C=O) groups is 1. The van der Waals surface area contributed by atoms with Crippen LogP contribution in [0.25, 0.3) is 0 Å². The van der Waals surface area contributed by atoms with E-state index < -0.39 is 0 Å². The van der Waals surface area contributed by atoms with Crippen molar-refractivity contribution in [3.8, 4) is 23.0 Å². The van der Waals surface area contributed by atoms with Crippen molar-refractivity contribution in [1.82, 2.24) is 0 Å². The summed E-state index contributed by atoms with van der Waals surface area (Å²) in [6.45, 7) is 0.333. The molecule has 0 amide bonds. The fourth-order valence-corrected chi connectivity index (χ4v) is 3.00. The molecule has 2 aromatic carbocycles. The Bertz CT molecular complexity index is 739. The number of benzene rings is 2.